The molecule has 0 aliphatic heterocycles. The third-order valence-electron chi connectivity index (χ3n) is 5.04. The highest BCUT2D eigenvalue weighted by Crippen LogP contribution is 2.21. The lowest BCUT2D eigenvalue weighted by atomic mass is 10.1. The van der Waals surface area contributed by atoms with Crippen LogP contribution in [0.5, 0.6) is 5.75 Å². The number of hydrogen-bond acceptors (Lipinski definition) is 5. The van der Waals surface area contributed by atoms with Crippen molar-refractivity contribution in [2.75, 3.05) is 30.8 Å². The van der Waals surface area contributed by atoms with Gasteiger partial charge in [0.25, 0.3) is 0 Å². The van der Waals surface area contributed by atoms with Gasteiger partial charge < -0.3 is 15.0 Å². The molecule has 0 radical (unpaired) electrons. The number of benzene rings is 2. The zero-order valence-electron chi connectivity index (χ0n) is 19.2. The Morgan fingerprint density at radius 2 is 1.67 bits per heavy atom. The topological polar surface area (TPSA) is 96.0 Å². The first-order chi connectivity index (χ1) is 15.6. The lowest BCUT2D eigenvalue weighted by molar-refractivity contribution is -0.140. The second kappa shape index (κ2) is 12.2. The Morgan fingerprint density at radius 1 is 1.06 bits per heavy atom. The van der Waals surface area contributed by atoms with Crippen LogP contribution in [0, 0.1) is 3.57 Å². The Balaban J connectivity index is 2.40. The van der Waals surface area contributed by atoms with E-state index in [2.05, 4.69) is 27.9 Å². The van der Waals surface area contributed by atoms with E-state index in [1.165, 1.54) is 4.90 Å². The molecule has 0 saturated carbocycles. The third kappa shape index (κ3) is 7.60. The molecule has 0 heterocycles. The van der Waals surface area contributed by atoms with Gasteiger partial charge in [0.05, 0.1) is 19.1 Å². The number of likely N-dealkylation sites (N-methyl/N-ethyl adjacent to an activating group) is 1. The molecule has 0 aromatic heterocycles. The molecule has 0 unspecified atom stereocenters. The fraction of sp³-hybridized carbons (Fsp3) is 0.391. The van der Waals surface area contributed by atoms with Crippen molar-refractivity contribution in [2.24, 2.45) is 0 Å². The molecular formula is C23H30IN3O5S. The average Bonchev–Trinajstić information content (AvgIpc) is 2.77. The van der Waals surface area contributed by atoms with E-state index in [0.29, 0.717) is 24.4 Å². The van der Waals surface area contributed by atoms with Gasteiger partial charge >= 0.3 is 0 Å². The van der Waals surface area contributed by atoms with E-state index in [-0.39, 0.29) is 12.5 Å². The number of carbonyl (C=O) groups is 2. The SMILES string of the molecule is CCNC(=O)[C@@H](CC)N(Cc1ccc(OC)cc1)C(=O)CN(c1ccc(I)cc1)S(C)(=O)=O. The number of amides is 2. The molecule has 2 rings (SSSR count). The third-order valence-corrected chi connectivity index (χ3v) is 6.90. The van der Waals surface area contributed by atoms with E-state index in [0.717, 1.165) is 19.7 Å². The highest BCUT2D eigenvalue weighted by Gasteiger charge is 2.31. The zero-order valence-corrected chi connectivity index (χ0v) is 22.2. The number of sulfonamides is 1. The van der Waals surface area contributed by atoms with E-state index in [4.69, 9.17) is 4.74 Å². The molecule has 180 valence electrons. The summed E-state index contributed by atoms with van der Waals surface area (Å²) in [7, 11) is -2.17. The Bertz CT molecular complexity index is 1040. The standard InChI is InChI=1S/C23H30IN3O5S/c1-5-21(23(29)25-6-2)26(15-17-7-13-20(32-3)14-8-17)22(28)16-27(33(4,30)31)19-11-9-18(24)10-12-19/h7-14,21H,5-6,15-16H2,1-4H3,(H,25,29)/t21-/m1/s1. The van der Waals surface area contributed by atoms with Crippen LogP contribution in [0.2, 0.25) is 0 Å². The molecule has 8 nitrogen and oxygen atoms in total. The van der Waals surface area contributed by atoms with Gasteiger partial charge in [0.2, 0.25) is 21.8 Å². The maximum Gasteiger partial charge on any atom is 0.244 e. The van der Waals surface area contributed by atoms with Gasteiger partial charge in [0.15, 0.2) is 0 Å². The molecule has 2 aromatic carbocycles. The van der Waals surface area contributed by atoms with E-state index < -0.39 is 28.5 Å². The van der Waals surface area contributed by atoms with Crippen molar-refractivity contribution in [2.45, 2.75) is 32.9 Å². The fourth-order valence-electron chi connectivity index (χ4n) is 3.36. The number of ether oxygens (including phenoxy) is 1. The molecule has 2 aromatic rings. The minimum Gasteiger partial charge on any atom is -0.497 e. The quantitative estimate of drug-likeness (QED) is 0.408. The highest BCUT2D eigenvalue weighted by molar-refractivity contribution is 14.1. The first kappa shape index (κ1) is 26.9. The molecule has 0 fully saturated rings. The highest BCUT2D eigenvalue weighted by atomic mass is 127. The minimum atomic E-state index is -3.74. The van der Waals surface area contributed by atoms with Gasteiger partial charge in [-0.05, 0) is 77.9 Å². The van der Waals surface area contributed by atoms with Crippen LogP contribution in [0.4, 0.5) is 5.69 Å². The van der Waals surface area contributed by atoms with Gasteiger partial charge in [-0.2, -0.15) is 0 Å². The molecular weight excluding hydrogens is 557 g/mol. The number of nitrogens with one attached hydrogen (secondary N) is 1. The first-order valence-corrected chi connectivity index (χ1v) is 13.5. The molecule has 0 aliphatic carbocycles. The van der Waals surface area contributed by atoms with Crippen LogP contribution in [0.25, 0.3) is 0 Å². The van der Waals surface area contributed by atoms with Gasteiger partial charge in [0.1, 0.15) is 18.3 Å². The lowest BCUT2D eigenvalue weighted by Gasteiger charge is -2.32. The second-order valence-electron chi connectivity index (χ2n) is 7.43. The van der Waals surface area contributed by atoms with Crippen molar-refractivity contribution >= 4 is 50.1 Å². The molecule has 10 heteroatoms. The van der Waals surface area contributed by atoms with Gasteiger partial charge in [0, 0.05) is 16.7 Å². The number of halogens is 1. The summed E-state index contributed by atoms with van der Waals surface area (Å²) in [6, 6.07) is 13.3. The maximum absolute atomic E-state index is 13.5. The number of anilines is 1. The molecule has 1 N–H and O–H groups in total. The number of rotatable bonds is 11. The molecule has 2 amide bonds. The Labute approximate surface area is 209 Å². The van der Waals surface area contributed by atoms with E-state index in [9.17, 15) is 18.0 Å². The van der Waals surface area contributed by atoms with Gasteiger partial charge in [-0.25, -0.2) is 8.42 Å². The molecule has 1 atom stereocenters. The molecule has 33 heavy (non-hydrogen) atoms. The molecule has 0 saturated heterocycles. The van der Waals surface area contributed by atoms with Crippen molar-refractivity contribution in [1.29, 1.82) is 0 Å². The molecule has 0 spiro atoms. The molecule has 0 bridgehead atoms. The van der Waals surface area contributed by atoms with Crippen molar-refractivity contribution < 1.29 is 22.7 Å². The van der Waals surface area contributed by atoms with Crippen LogP contribution in [0.3, 0.4) is 0 Å². The van der Waals surface area contributed by atoms with E-state index >= 15 is 0 Å². The summed E-state index contributed by atoms with van der Waals surface area (Å²) in [6.45, 7) is 3.80. The second-order valence-corrected chi connectivity index (χ2v) is 10.6. The minimum absolute atomic E-state index is 0.156. The summed E-state index contributed by atoms with van der Waals surface area (Å²) in [5.41, 5.74) is 1.19. The lowest BCUT2D eigenvalue weighted by Crippen LogP contribution is -2.52. The van der Waals surface area contributed by atoms with Gasteiger partial charge in [-0.15, -0.1) is 0 Å². The maximum atomic E-state index is 13.5. The van der Waals surface area contributed by atoms with E-state index in [1.54, 1.807) is 43.5 Å². The summed E-state index contributed by atoms with van der Waals surface area (Å²) >= 11 is 2.13. The number of nitrogens with zero attached hydrogens (tertiary/aromatic N) is 2. The Kier molecular flexibility index (Phi) is 9.96. The van der Waals surface area contributed by atoms with Crippen molar-refractivity contribution in [1.82, 2.24) is 10.2 Å². The fourth-order valence-corrected chi connectivity index (χ4v) is 4.57. The van der Waals surface area contributed by atoms with Crippen LogP contribution in [0.1, 0.15) is 25.8 Å². The van der Waals surface area contributed by atoms with Crippen molar-refractivity contribution in [3.63, 3.8) is 0 Å². The Morgan fingerprint density at radius 3 is 2.15 bits per heavy atom. The predicted molar refractivity (Wildman–Crippen MR) is 138 cm³/mol. The van der Waals surface area contributed by atoms with Crippen LogP contribution in [-0.4, -0.2) is 57.6 Å². The summed E-state index contributed by atoms with van der Waals surface area (Å²) in [4.78, 5) is 27.7. The monoisotopic (exact) mass is 587 g/mol. The van der Waals surface area contributed by atoms with Crippen LogP contribution < -0.4 is 14.4 Å². The number of hydrogen-bond donors (Lipinski definition) is 1. The predicted octanol–water partition coefficient (Wildman–Crippen LogP) is 3.01. The van der Waals surface area contributed by atoms with Crippen LogP contribution in [-0.2, 0) is 26.2 Å². The van der Waals surface area contributed by atoms with Crippen LogP contribution in [0.15, 0.2) is 48.5 Å². The molecule has 0 aliphatic rings. The number of methoxy groups -OCH3 is 1. The zero-order chi connectivity index (χ0) is 24.6. The number of carbonyl (C=O) groups excluding carboxylic acids is 2. The van der Waals surface area contributed by atoms with Crippen LogP contribution >= 0.6 is 22.6 Å². The van der Waals surface area contributed by atoms with Gasteiger partial charge in [-0.1, -0.05) is 19.1 Å². The summed E-state index contributed by atoms with van der Waals surface area (Å²) < 4.78 is 32.3. The summed E-state index contributed by atoms with van der Waals surface area (Å²) in [5, 5.41) is 2.77. The smallest absolute Gasteiger partial charge is 0.244 e. The van der Waals surface area contributed by atoms with Crippen molar-refractivity contribution in [3.8, 4) is 5.75 Å². The van der Waals surface area contributed by atoms with Gasteiger partial charge in [-0.3, -0.25) is 13.9 Å². The first-order valence-electron chi connectivity index (χ1n) is 10.5. The summed E-state index contributed by atoms with van der Waals surface area (Å²) in [5.74, 6) is -0.0655. The van der Waals surface area contributed by atoms with E-state index in [1.807, 2.05) is 26.0 Å². The normalized spacial score (nSPS) is 12.0. The largest absolute Gasteiger partial charge is 0.497 e. The van der Waals surface area contributed by atoms with Crippen molar-refractivity contribution in [3.05, 3.63) is 57.7 Å². The average molecular weight is 587 g/mol. The Hall–Kier alpha value is -2.34. The summed E-state index contributed by atoms with van der Waals surface area (Å²) in [6.07, 6.45) is 1.45.